The highest BCUT2D eigenvalue weighted by Gasteiger charge is 1.98. The molecule has 0 aromatic carbocycles. The Hall–Kier alpha value is -1.12. The smallest absolute Gasteiger partial charge is 0.131 e. The molecule has 0 bridgehead atoms. The predicted octanol–water partition coefficient (Wildman–Crippen LogP) is 3.21. The zero-order valence-electron chi connectivity index (χ0n) is 11.4. The number of anilines is 1. The summed E-state index contributed by atoms with van der Waals surface area (Å²) in [5.74, 6) is 1.80. The van der Waals surface area contributed by atoms with Crippen molar-refractivity contribution >= 4 is 5.82 Å². The first-order valence-electron chi connectivity index (χ1n) is 5.59. The van der Waals surface area contributed by atoms with Crippen molar-refractivity contribution in [2.24, 2.45) is 0 Å². The van der Waals surface area contributed by atoms with Crippen molar-refractivity contribution in [2.75, 3.05) is 19.0 Å². The van der Waals surface area contributed by atoms with Gasteiger partial charge in [0.2, 0.25) is 0 Å². The molecular weight excluding hydrogens is 186 g/mol. The van der Waals surface area contributed by atoms with Crippen molar-refractivity contribution < 1.29 is 0 Å². The molecule has 1 aromatic rings. The average molecular weight is 211 g/mol. The highest BCUT2D eigenvalue weighted by molar-refractivity contribution is 5.37. The van der Waals surface area contributed by atoms with Gasteiger partial charge in [0, 0.05) is 25.9 Å². The molecule has 0 amide bonds. The van der Waals surface area contributed by atoms with Gasteiger partial charge in [-0.25, -0.2) is 9.97 Å². The zero-order chi connectivity index (χ0) is 12.4. The number of aryl methyl sites for hydroxylation is 2. The Morgan fingerprint density at radius 1 is 0.933 bits per heavy atom. The van der Waals surface area contributed by atoms with Crippen molar-refractivity contribution in [1.29, 1.82) is 0 Å². The summed E-state index contributed by atoms with van der Waals surface area (Å²) in [6, 6.07) is 1.97. The van der Waals surface area contributed by atoms with E-state index in [2.05, 4.69) is 9.97 Å². The lowest BCUT2D eigenvalue weighted by Gasteiger charge is -2.11. The summed E-state index contributed by atoms with van der Waals surface area (Å²) < 4.78 is 0. The first-order valence-corrected chi connectivity index (χ1v) is 5.59. The van der Waals surface area contributed by atoms with E-state index in [1.807, 2.05) is 66.6 Å². The summed E-state index contributed by atoms with van der Waals surface area (Å²) in [6.45, 7) is 11.9. The minimum absolute atomic E-state index is 0.828. The van der Waals surface area contributed by atoms with Crippen molar-refractivity contribution in [3.63, 3.8) is 0 Å². The molecule has 0 saturated carbocycles. The summed E-state index contributed by atoms with van der Waals surface area (Å²) in [6.07, 6.45) is 0. The summed E-state index contributed by atoms with van der Waals surface area (Å²) >= 11 is 0. The quantitative estimate of drug-likeness (QED) is 0.714. The maximum atomic E-state index is 4.25. The van der Waals surface area contributed by atoms with Crippen LogP contribution in [0.4, 0.5) is 5.82 Å². The Morgan fingerprint density at radius 3 is 1.73 bits per heavy atom. The molecule has 1 rings (SSSR count). The molecule has 15 heavy (non-hydrogen) atoms. The standard InChI is InChI=1S/C8H13N3.2C2H6/c1-6-5-8(11(3)4)10-7(2)9-6;2*1-2/h5H,1-4H3;2*1-2H3. The average Bonchev–Trinajstić information content (AvgIpc) is 2.22. The van der Waals surface area contributed by atoms with Crippen LogP contribution in [0.1, 0.15) is 39.2 Å². The van der Waals surface area contributed by atoms with Crippen LogP contribution in [0.25, 0.3) is 0 Å². The fourth-order valence-electron chi connectivity index (χ4n) is 0.926. The van der Waals surface area contributed by atoms with Crippen LogP contribution in [0.2, 0.25) is 0 Å². The van der Waals surface area contributed by atoms with Crippen molar-refractivity contribution in [1.82, 2.24) is 9.97 Å². The van der Waals surface area contributed by atoms with Gasteiger partial charge in [-0.05, 0) is 13.8 Å². The van der Waals surface area contributed by atoms with E-state index in [1.54, 1.807) is 0 Å². The maximum absolute atomic E-state index is 4.25. The van der Waals surface area contributed by atoms with Crippen molar-refractivity contribution in [3.05, 3.63) is 17.6 Å². The number of rotatable bonds is 1. The van der Waals surface area contributed by atoms with Gasteiger partial charge in [-0.1, -0.05) is 27.7 Å². The minimum Gasteiger partial charge on any atom is -0.363 e. The second kappa shape index (κ2) is 9.44. The van der Waals surface area contributed by atoms with Gasteiger partial charge in [-0.15, -0.1) is 0 Å². The monoisotopic (exact) mass is 211 g/mol. The first kappa shape index (κ1) is 16.3. The van der Waals surface area contributed by atoms with Gasteiger partial charge in [0.1, 0.15) is 11.6 Å². The number of nitrogens with zero attached hydrogens (tertiary/aromatic N) is 3. The highest BCUT2D eigenvalue weighted by atomic mass is 15.1. The molecule has 3 nitrogen and oxygen atoms in total. The molecule has 0 atom stereocenters. The summed E-state index contributed by atoms with van der Waals surface area (Å²) in [5.41, 5.74) is 1.02. The summed E-state index contributed by atoms with van der Waals surface area (Å²) in [5, 5.41) is 0. The van der Waals surface area contributed by atoms with Crippen LogP contribution in [0.5, 0.6) is 0 Å². The molecule has 1 aromatic heterocycles. The first-order chi connectivity index (χ1) is 7.09. The van der Waals surface area contributed by atoms with E-state index in [4.69, 9.17) is 0 Å². The molecule has 88 valence electrons. The number of hydrogen-bond acceptors (Lipinski definition) is 3. The molecule has 0 aliphatic carbocycles. The van der Waals surface area contributed by atoms with E-state index in [9.17, 15) is 0 Å². The SMILES string of the molecule is CC.CC.Cc1cc(N(C)C)nc(C)n1. The molecule has 0 aliphatic rings. The lowest BCUT2D eigenvalue weighted by Crippen LogP contribution is -2.11. The molecule has 0 unspecified atom stereocenters. The van der Waals surface area contributed by atoms with E-state index in [0.717, 1.165) is 17.3 Å². The summed E-state index contributed by atoms with van der Waals surface area (Å²) in [7, 11) is 3.95. The van der Waals surface area contributed by atoms with Gasteiger partial charge < -0.3 is 4.90 Å². The zero-order valence-corrected chi connectivity index (χ0v) is 11.4. The third-order valence-corrected chi connectivity index (χ3v) is 1.41. The number of hydrogen-bond donors (Lipinski definition) is 0. The van der Waals surface area contributed by atoms with Gasteiger partial charge >= 0.3 is 0 Å². The molecule has 0 saturated heterocycles. The highest BCUT2D eigenvalue weighted by Crippen LogP contribution is 2.07. The van der Waals surface area contributed by atoms with E-state index in [-0.39, 0.29) is 0 Å². The van der Waals surface area contributed by atoms with Gasteiger partial charge in [-0.2, -0.15) is 0 Å². The Morgan fingerprint density at radius 2 is 1.40 bits per heavy atom. The molecule has 1 heterocycles. The van der Waals surface area contributed by atoms with Crippen molar-refractivity contribution in [2.45, 2.75) is 41.5 Å². The van der Waals surface area contributed by atoms with Gasteiger partial charge in [-0.3, -0.25) is 0 Å². The molecule has 0 radical (unpaired) electrons. The lowest BCUT2D eigenvalue weighted by atomic mass is 10.4. The second-order valence-corrected chi connectivity index (χ2v) is 2.81. The lowest BCUT2D eigenvalue weighted by molar-refractivity contribution is 0.964. The second-order valence-electron chi connectivity index (χ2n) is 2.81. The molecule has 0 N–H and O–H groups in total. The van der Waals surface area contributed by atoms with E-state index < -0.39 is 0 Å². The molecule has 0 spiro atoms. The van der Waals surface area contributed by atoms with Gasteiger partial charge in [0.05, 0.1) is 0 Å². The van der Waals surface area contributed by atoms with Crippen LogP contribution in [-0.2, 0) is 0 Å². The Bertz CT molecular complexity index is 237. The Balaban J connectivity index is 0. The van der Waals surface area contributed by atoms with Crippen LogP contribution < -0.4 is 4.90 Å². The topological polar surface area (TPSA) is 29.0 Å². The Kier molecular flexibility index (Phi) is 10.3. The normalized spacial score (nSPS) is 8.00. The van der Waals surface area contributed by atoms with Crippen LogP contribution in [0, 0.1) is 13.8 Å². The third-order valence-electron chi connectivity index (χ3n) is 1.41. The maximum Gasteiger partial charge on any atom is 0.131 e. The fourth-order valence-corrected chi connectivity index (χ4v) is 0.926. The molecule has 0 fully saturated rings. The minimum atomic E-state index is 0.828. The third kappa shape index (κ3) is 6.89. The largest absolute Gasteiger partial charge is 0.363 e. The van der Waals surface area contributed by atoms with Crippen LogP contribution >= 0.6 is 0 Å². The van der Waals surface area contributed by atoms with Crippen LogP contribution in [0.3, 0.4) is 0 Å². The van der Waals surface area contributed by atoms with E-state index >= 15 is 0 Å². The van der Waals surface area contributed by atoms with Crippen molar-refractivity contribution in [3.8, 4) is 0 Å². The molecule has 0 aliphatic heterocycles. The Labute approximate surface area is 94.6 Å². The summed E-state index contributed by atoms with van der Waals surface area (Å²) in [4.78, 5) is 10.4. The fraction of sp³-hybridized carbons (Fsp3) is 0.667. The molecule has 3 heteroatoms. The predicted molar refractivity (Wildman–Crippen MR) is 68.5 cm³/mol. The van der Waals surface area contributed by atoms with Gasteiger partial charge in [0.25, 0.3) is 0 Å². The van der Waals surface area contributed by atoms with Gasteiger partial charge in [0.15, 0.2) is 0 Å². The number of aromatic nitrogens is 2. The van der Waals surface area contributed by atoms with Crippen LogP contribution in [0.15, 0.2) is 6.07 Å². The van der Waals surface area contributed by atoms with E-state index in [0.29, 0.717) is 0 Å². The van der Waals surface area contributed by atoms with Crippen LogP contribution in [-0.4, -0.2) is 24.1 Å². The van der Waals surface area contributed by atoms with E-state index in [1.165, 1.54) is 0 Å². The molecular formula is C12H25N3.